The lowest BCUT2D eigenvalue weighted by atomic mass is 10.00. The highest BCUT2D eigenvalue weighted by molar-refractivity contribution is 5.96. The monoisotopic (exact) mass is 666 g/mol. The fourth-order valence-corrected chi connectivity index (χ4v) is 4.55. The summed E-state index contributed by atoms with van der Waals surface area (Å²) in [6, 6.07) is 10.5. The molecule has 2 aromatic rings. The van der Waals surface area contributed by atoms with Gasteiger partial charge in [-0.25, -0.2) is 0 Å². The van der Waals surface area contributed by atoms with Crippen molar-refractivity contribution in [2.24, 2.45) is 23.7 Å². The molecule has 0 saturated carbocycles. The molecule has 1 aromatic carbocycles. The Balaban J connectivity index is 2.28. The van der Waals surface area contributed by atoms with Crippen molar-refractivity contribution in [2.45, 2.75) is 80.2 Å². The van der Waals surface area contributed by atoms with Crippen LogP contribution in [0.15, 0.2) is 42.6 Å². The van der Waals surface area contributed by atoms with E-state index in [1.807, 2.05) is 61.5 Å². The van der Waals surface area contributed by atoms with Crippen molar-refractivity contribution >= 4 is 29.0 Å². The van der Waals surface area contributed by atoms with E-state index in [1.54, 1.807) is 36.5 Å². The van der Waals surface area contributed by atoms with E-state index >= 15 is 0 Å². The Bertz CT molecular complexity index is 1280. The predicted octanol–water partition coefficient (Wildman–Crippen LogP) is 5.95. The molecule has 0 fully saturated rings. The lowest BCUT2D eigenvalue weighted by molar-refractivity contribution is -0.123. The van der Waals surface area contributed by atoms with Gasteiger partial charge in [-0.15, -0.1) is 0 Å². The molecule has 0 spiro atoms. The third kappa shape index (κ3) is 13.5. The first kappa shape index (κ1) is 40.6. The molecule has 0 aliphatic carbocycles. The number of nitrogens with one attached hydrogen (secondary N) is 1. The van der Waals surface area contributed by atoms with Crippen LogP contribution in [0.25, 0.3) is 11.1 Å². The summed E-state index contributed by atoms with van der Waals surface area (Å²) in [5.74, 6) is -0.763. The van der Waals surface area contributed by atoms with E-state index in [0.717, 1.165) is 11.1 Å². The van der Waals surface area contributed by atoms with Gasteiger partial charge in [0.1, 0.15) is 28.6 Å². The minimum Gasteiger partial charge on any atom is -0.378 e. The number of rotatable bonds is 23. The third-order valence-electron chi connectivity index (χ3n) is 7.94. The van der Waals surface area contributed by atoms with Crippen molar-refractivity contribution in [3.63, 3.8) is 0 Å². The van der Waals surface area contributed by atoms with Crippen molar-refractivity contribution in [3.8, 4) is 11.1 Å². The number of carbonyl (C=O) groups excluding carboxylic acids is 5. The van der Waals surface area contributed by atoms with Crippen LogP contribution in [0.3, 0.4) is 0 Å². The van der Waals surface area contributed by atoms with Gasteiger partial charge in [-0.05, 0) is 23.8 Å². The molecule has 0 radical (unpaired) electrons. The van der Waals surface area contributed by atoms with Crippen LogP contribution in [0.4, 0.5) is 0 Å². The highest BCUT2D eigenvalue weighted by Gasteiger charge is 2.34. The van der Waals surface area contributed by atoms with Gasteiger partial charge in [-0.2, -0.15) is 0 Å². The van der Waals surface area contributed by atoms with Gasteiger partial charge in [0.2, 0.25) is 0 Å². The second kappa shape index (κ2) is 20.0. The molecule has 10 nitrogen and oxygen atoms in total. The minimum atomic E-state index is -1.18. The van der Waals surface area contributed by atoms with Gasteiger partial charge in [0.05, 0.1) is 39.6 Å². The van der Waals surface area contributed by atoms with Crippen molar-refractivity contribution in [3.05, 3.63) is 53.9 Å². The summed E-state index contributed by atoms with van der Waals surface area (Å²) in [6.07, 6.45) is 2.30. The van der Waals surface area contributed by atoms with Crippen molar-refractivity contribution in [1.82, 2.24) is 10.3 Å². The van der Waals surface area contributed by atoms with Gasteiger partial charge in [0, 0.05) is 60.3 Å². The lowest BCUT2D eigenvalue weighted by Gasteiger charge is -2.34. The number of nitrogens with zero attached hydrogens (tertiary/aromatic N) is 1. The highest BCUT2D eigenvalue weighted by atomic mass is 16.5. The Morgan fingerprint density at radius 2 is 1.02 bits per heavy atom. The molecule has 1 aromatic heterocycles. The van der Waals surface area contributed by atoms with E-state index in [0.29, 0.717) is 11.3 Å². The highest BCUT2D eigenvalue weighted by Crippen LogP contribution is 2.21. The minimum absolute atomic E-state index is 0.0223. The summed E-state index contributed by atoms with van der Waals surface area (Å²) in [5, 5.41) is 3.05. The maximum Gasteiger partial charge on any atom is 0.251 e. The zero-order chi connectivity index (χ0) is 35.9. The topological polar surface area (TPSA) is 138 Å². The molecule has 2 rings (SSSR count). The van der Waals surface area contributed by atoms with Crippen LogP contribution >= 0.6 is 0 Å². The summed E-state index contributed by atoms with van der Waals surface area (Å²) in [4.78, 5) is 66.9. The SMILES string of the molecule is CC(C)C(=O)CCOCC(COCCC(=O)C(C)C)(COCCC(=O)C(C)C)NC(=O)c1ccc(-c2ccc(C(=O)C(C)C)nc2)cc1. The number of pyridine rings is 1. The Morgan fingerprint density at radius 3 is 1.38 bits per heavy atom. The van der Waals surface area contributed by atoms with Crippen LogP contribution in [0.1, 0.15) is 95.5 Å². The second-order valence-electron chi connectivity index (χ2n) is 13.5. The van der Waals surface area contributed by atoms with Crippen molar-refractivity contribution in [2.75, 3.05) is 39.6 Å². The van der Waals surface area contributed by atoms with Gasteiger partial charge in [-0.3, -0.25) is 29.0 Å². The first-order valence-corrected chi connectivity index (χ1v) is 16.9. The second-order valence-corrected chi connectivity index (χ2v) is 13.5. The largest absolute Gasteiger partial charge is 0.378 e. The number of ketones is 4. The number of ether oxygens (including phenoxy) is 3. The molecule has 0 atom stereocenters. The number of hydrogen-bond acceptors (Lipinski definition) is 9. The zero-order valence-corrected chi connectivity index (χ0v) is 29.9. The predicted molar refractivity (Wildman–Crippen MR) is 185 cm³/mol. The Morgan fingerprint density at radius 1 is 0.604 bits per heavy atom. The maximum atomic E-state index is 13.7. The first-order chi connectivity index (χ1) is 22.7. The fourth-order valence-electron chi connectivity index (χ4n) is 4.55. The lowest BCUT2D eigenvalue weighted by Crippen LogP contribution is -2.58. The van der Waals surface area contributed by atoms with Crippen LogP contribution in [0.2, 0.25) is 0 Å². The smallest absolute Gasteiger partial charge is 0.251 e. The van der Waals surface area contributed by atoms with Gasteiger partial charge in [-0.1, -0.05) is 73.6 Å². The fraction of sp³-hybridized carbons (Fsp3) is 0.579. The van der Waals surface area contributed by atoms with Crippen molar-refractivity contribution in [1.29, 1.82) is 0 Å². The summed E-state index contributed by atoms with van der Waals surface area (Å²) >= 11 is 0. The average molecular weight is 667 g/mol. The van der Waals surface area contributed by atoms with Crippen LogP contribution in [0, 0.1) is 23.7 Å². The standard InChI is InChI=1S/C38H54N2O8/c1-25(2)33(41)15-18-46-22-38(23-47-19-16-34(42)26(3)4,24-48-20-17-35(43)27(5)6)40-37(45)30-11-9-29(10-12-30)31-13-14-32(39-21-31)36(44)28(7)8/h9-14,21,25-28H,15-20,22-24H2,1-8H3,(H,40,45). The number of hydrogen-bond donors (Lipinski definition) is 1. The molecule has 0 aliphatic rings. The van der Waals surface area contributed by atoms with Crippen molar-refractivity contribution < 1.29 is 38.2 Å². The molecular weight excluding hydrogens is 612 g/mol. The molecule has 264 valence electrons. The molecule has 48 heavy (non-hydrogen) atoms. The van der Waals surface area contributed by atoms with Gasteiger partial charge in [0.25, 0.3) is 5.91 Å². The first-order valence-electron chi connectivity index (χ1n) is 16.9. The molecule has 1 amide bonds. The Kier molecular flexibility index (Phi) is 16.9. The van der Waals surface area contributed by atoms with E-state index in [9.17, 15) is 24.0 Å². The normalized spacial score (nSPS) is 11.8. The quantitative estimate of drug-likeness (QED) is 0.113. The van der Waals surface area contributed by atoms with E-state index < -0.39 is 11.4 Å². The van der Waals surface area contributed by atoms with E-state index in [2.05, 4.69) is 10.3 Å². The van der Waals surface area contributed by atoms with Crippen LogP contribution in [0.5, 0.6) is 0 Å². The summed E-state index contributed by atoms with van der Waals surface area (Å²) in [6.45, 7) is 15.0. The maximum absolute atomic E-state index is 13.7. The van der Waals surface area contributed by atoms with Crippen LogP contribution in [-0.4, -0.2) is 79.2 Å². The van der Waals surface area contributed by atoms with Crippen LogP contribution < -0.4 is 5.32 Å². The molecule has 0 aliphatic heterocycles. The van der Waals surface area contributed by atoms with Gasteiger partial charge < -0.3 is 19.5 Å². The number of Topliss-reactive ketones (excluding diaryl/α,β-unsaturated/α-hetero) is 4. The Hall–Kier alpha value is -3.60. The van der Waals surface area contributed by atoms with Gasteiger partial charge in [0.15, 0.2) is 5.78 Å². The molecule has 10 heteroatoms. The zero-order valence-electron chi connectivity index (χ0n) is 29.9. The Labute approximate surface area is 285 Å². The number of carbonyl (C=O) groups is 5. The molecular formula is C38H54N2O8. The summed E-state index contributed by atoms with van der Waals surface area (Å²) < 4.78 is 17.8. The summed E-state index contributed by atoms with van der Waals surface area (Å²) in [5.41, 5.74) is 1.23. The van der Waals surface area contributed by atoms with E-state index in [-0.39, 0.29) is 106 Å². The molecule has 1 N–H and O–H groups in total. The molecule has 1 heterocycles. The molecule has 0 saturated heterocycles. The third-order valence-corrected chi connectivity index (χ3v) is 7.94. The van der Waals surface area contributed by atoms with Gasteiger partial charge >= 0.3 is 0 Å². The average Bonchev–Trinajstić information content (AvgIpc) is 3.06. The molecule has 0 bridgehead atoms. The van der Waals surface area contributed by atoms with E-state index in [4.69, 9.17) is 14.2 Å². The van der Waals surface area contributed by atoms with Crippen LogP contribution in [-0.2, 0) is 28.6 Å². The molecule has 0 unspecified atom stereocenters. The number of benzene rings is 1. The number of amides is 1. The number of aromatic nitrogens is 1. The summed E-state index contributed by atoms with van der Waals surface area (Å²) in [7, 11) is 0. The van der Waals surface area contributed by atoms with E-state index in [1.165, 1.54) is 0 Å².